The normalized spacial score (nSPS) is 11.2. The van der Waals surface area contributed by atoms with Gasteiger partial charge in [-0.15, -0.1) is 4.91 Å². The van der Waals surface area contributed by atoms with Crippen LogP contribution in [0.15, 0.2) is 46.5 Å². The highest BCUT2D eigenvalue weighted by molar-refractivity contribution is 7.90. The zero-order valence-corrected chi connectivity index (χ0v) is 10.8. The van der Waals surface area contributed by atoms with E-state index in [-0.39, 0.29) is 16.0 Å². The zero-order valence-electron chi connectivity index (χ0n) is 9.95. The lowest BCUT2D eigenvalue weighted by Crippen LogP contribution is -2.28. The summed E-state index contributed by atoms with van der Waals surface area (Å²) in [6.45, 7) is 1.10. The third-order valence-electron chi connectivity index (χ3n) is 2.51. The first kappa shape index (κ1) is 13.2. The van der Waals surface area contributed by atoms with E-state index in [2.05, 4.69) is 5.18 Å². The van der Waals surface area contributed by atoms with Gasteiger partial charge in [-0.05, 0) is 22.7 Å². The van der Waals surface area contributed by atoms with E-state index in [1.165, 1.54) is 18.2 Å². The number of nitrogens with one attached hydrogen (secondary N) is 1. The van der Waals surface area contributed by atoms with Crippen molar-refractivity contribution in [1.29, 1.82) is 0 Å². The minimum absolute atomic E-state index is 0.0158. The summed E-state index contributed by atoms with van der Waals surface area (Å²) in [6, 6.07) is 9.21. The van der Waals surface area contributed by atoms with E-state index >= 15 is 0 Å². The quantitative estimate of drug-likeness (QED) is 0.870. The van der Waals surface area contributed by atoms with Gasteiger partial charge in [0, 0.05) is 12.3 Å². The Bertz CT molecular complexity index is 763. The van der Waals surface area contributed by atoms with Crippen LogP contribution in [0.1, 0.15) is 6.92 Å². The highest BCUT2D eigenvalue weighted by Gasteiger charge is 2.20. The molecule has 0 spiro atoms. The molecule has 0 radical (unpaired) electrons. The number of hydrogen-bond donors (Lipinski definition) is 1. The summed E-state index contributed by atoms with van der Waals surface area (Å²) in [6.07, 6.45) is 0. The average Bonchev–Trinajstić information content (AvgIpc) is 2.35. The Labute approximate surface area is 109 Å². The van der Waals surface area contributed by atoms with Crippen molar-refractivity contribution >= 4 is 32.4 Å². The lowest BCUT2D eigenvalue weighted by Gasteiger charge is -2.09. The second kappa shape index (κ2) is 4.77. The smallest absolute Gasteiger partial charge is 0.264 e. The lowest BCUT2D eigenvalue weighted by atomic mass is 10.1. The molecule has 98 valence electrons. The van der Waals surface area contributed by atoms with Gasteiger partial charge >= 0.3 is 0 Å². The van der Waals surface area contributed by atoms with Crippen molar-refractivity contribution in [3.8, 4) is 0 Å². The fourth-order valence-electron chi connectivity index (χ4n) is 1.83. The number of amides is 1. The molecule has 6 nitrogen and oxygen atoms in total. The van der Waals surface area contributed by atoms with Crippen LogP contribution in [0, 0.1) is 4.91 Å². The molecule has 0 saturated carbocycles. The molecule has 1 amide bonds. The van der Waals surface area contributed by atoms with E-state index in [0.29, 0.717) is 5.39 Å². The fourth-order valence-corrected chi connectivity index (χ4v) is 3.07. The molecule has 0 aliphatic rings. The predicted octanol–water partition coefficient (Wildman–Crippen LogP) is 2.06. The molecule has 0 heterocycles. The van der Waals surface area contributed by atoms with Gasteiger partial charge in [0.1, 0.15) is 5.69 Å². The van der Waals surface area contributed by atoms with Crippen molar-refractivity contribution in [2.24, 2.45) is 5.18 Å². The van der Waals surface area contributed by atoms with Gasteiger partial charge in [0.2, 0.25) is 5.91 Å². The Hall–Kier alpha value is -2.28. The first-order valence-electron chi connectivity index (χ1n) is 5.34. The number of rotatable bonds is 3. The Morgan fingerprint density at radius 2 is 1.79 bits per heavy atom. The molecule has 19 heavy (non-hydrogen) atoms. The van der Waals surface area contributed by atoms with Crippen LogP contribution in [0.4, 0.5) is 5.69 Å². The molecule has 2 aromatic carbocycles. The van der Waals surface area contributed by atoms with Gasteiger partial charge in [-0.2, -0.15) is 0 Å². The first-order chi connectivity index (χ1) is 8.95. The summed E-state index contributed by atoms with van der Waals surface area (Å²) in [5, 5.41) is 3.59. The maximum Gasteiger partial charge on any atom is 0.264 e. The minimum Gasteiger partial charge on any atom is -0.274 e. The molecule has 0 aliphatic carbocycles. The van der Waals surface area contributed by atoms with E-state index in [1.807, 2.05) is 4.72 Å². The number of sulfonamides is 1. The van der Waals surface area contributed by atoms with Gasteiger partial charge in [-0.1, -0.05) is 24.3 Å². The van der Waals surface area contributed by atoms with Gasteiger partial charge in [-0.25, -0.2) is 13.1 Å². The number of carbonyl (C=O) groups excluding carboxylic acids is 1. The maximum absolute atomic E-state index is 12.0. The van der Waals surface area contributed by atoms with E-state index in [4.69, 9.17) is 0 Å². The molecule has 7 heteroatoms. The second-order valence-electron chi connectivity index (χ2n) is 3.88. The number of hydrogen-bond acceptors (Lipinski definition) is 5. The van der Waals surface area contributed by atoms with Crippen molar-refractivity contribution in [3.05, 3.63) is 41.3 Å². The van der Waals surface area contributed by atoms with Crippen LogP contribution in [0.5, 0.6) is 0 Å². The average molecular weight is 278 g/mol. The summed E-state index contributed by atoms with van der Waals surface area (Å²) in [5.74, 6) is -0.700. The predicted molar refractivity (Wildman–Crippen MR) is 70.4 cm³/mol. The van der Waals surface area contributed by atoms with Crippen LogP contribution in [-0.2, 0) is 14.8 Å². The van der Waals surface area contributed by atoms with Gasteiger partial charge in [-0.3, -0.25) is 4.79 Å². The van der Waals surface area contributed by atoms with Crippen LogP contribution in [0.2, 0.25) is 0 Å². The molecule has 0 aromatic heterocycles. The van der Waals surface area contributed by atoms with Crippen molar-refractivity contribution < 1.29 is 13.2 Å². The monoisotopic (exact) mass is 278 g/mol. The van der Waals surface area contributed by atoms with Crippen LogP contribution in [0.3, 0.4) is 0 Å². The van der Waals surface area contributed by atoms with Crippen molar-refractivity contribution in [1.82, 2.24) is 4.72 Å². The summed E-state index contributed by atoms with van der Waals surface area (Å²) >= 11 is 0. The highest BCUT2D eigenvalue weighted by atomic mass is 32.2. The number of nitroso groups, excluding NO2 is 1. The SMILES string of the molecule is CC(=O)NS(=O)(=O)c1cccc2cccc(N=O)c12. The van der Waals surface area contributed by atoms with E-state index in [0.717, 1.165) is 6.92 Å². The Balaban J connectivity index is 2.81. The minimum atomic E-state index is -4.02. The molecule has 0 fully saturated rings. The first-order valence-corrected chi connectivity index (χ1v) is 6.82. The van der Waals surface area contributed by atoms with Crippen LogP contribution >= 0.6 is 0 Å². The zero-order chi connectivity index (χ0) is 14.0. The molecular weight excluding hydrogens is 268 g/mol. The van der Waals surface area contributed by atoms with Crippen molar-refractivity contribution in [2.45, 2.75) is 11.8 Å². The van der Waals surface area contributed by atoms with E-state index < -0.39 is 15.9 Å². The molecule has 0 bridgehead atoms. The lowest BCUT2D eigenvalue weighted by molar-refractivity contribution is -0.117. The largest absolute Gasteiger partial charge is 0.274 e. The topological polar surface area (TPSA) is 92.7 Å². The van der Waals surface area contributed by atoms with Crippen molar-refractivity contribution in [2.75, 3.05) is 0 Å². The summed E-state index contributed by atoms with van der Waals surface area (Å²) in [4.78, 5) is 21.6. The van der Waals surface area contributed by atoms with E-state index in [9.17, 15) is 18.1 Å². The summed E-state index contributed by atoms with van der Waals surface area (Å²) < 4.78 is 26.0. The summed E-state index contributed by atoms with van der Waals surface area (Å²) in [7, 11) is -4.02. The molecule has 2 aromatic rings. The van der Waals surface area contributed by atoms with Crippen LogP contribution < -0.4 is 4.72 Å². The Morgan fingerprint density at radius 3 is 2.37 bits per heavy atom. The van der Waals surface area contributed by atoms with Gasteiger partial charge in [0.15, 0.2) is 0 Å². The molecule has 1 N–H and O–H groups in total. The highest BCUT2D eigenvalue weighted by Crippen LogP contribution is 2.31. The number of fused-ring (bicyclic) bond motifs is 1. The number of nitrogens with zero attached hydrogens (tertiary/aromatic N) is 1. The molecule has 2 rings (SSSR count). The molecule has 0 unspecified atom stereocenters. The maximum atomic E-state index is 12.0. The van der Waals surface area contributed by atoms with E-state index in [1.54, 1.807) is 18.2 Å². The second-order valence-corrected chi connectivity index (χ2v) is 5.54. The van der Waals surface area contributed by atoms with Gasteiger partial charge < -0.3 is 0 Å². The number of carbonyl (C=O) groups is 1. The van der Waals surface area contributed by atoms with Gasteiger partial charge in [0.05, 0.1) is 4.90 Å². The Morgan fingerprint density at radius 1 is 1.16 bits per heavy atom. The third kappa shape index (κ3) is 2.45. The standard InChI is InChI=1S/C12H10N2O4S/c1-8(15)14-19(17,18)11-7-3-5-9-4-2-6-10(13-16)12(9)11/h2-7H,1H3,(H,14,15). The third-order valence-corrected chi connectivity index (χ3v) is 3.99. The molecular formula is C12H10N2O4S. The van der Waals surface area contributed by atoms with Crippen molar-refractivity contribution in [3.63, 3.8) is 0 Å². The molecule has 0 atom stereocenters. The van der Waals surface area contributed by atoms with Crippen LogP contribution in [-0.4, -0.2) is 14.3 Å². The number of benzene rings is 2. The molecule has 0 saturated heterocycles. The molecule has 0 aliphatic heterocycles. The van der Waals surface area contributed by atoms with Crippen LogP contribution in [0.25, 0.3) is 10.8 Å². The van der Waals surface area contributed by atoms with Gasteiger partial charge in [0.25, 0.3) is 10.0 Å². The summed E-state index contributed by atoms with van der Waals surface area (Å²) in [5.41, 5.74) is 0.0158. The Kier molecular flexibility index (Phi) is 3.30. The fraction of sp³-hybridized carbons (Fsp3) is 0.0833.